The lowest BCUT2D eigenvalue weighted by molar-refractivity contribution is 0.273. The summed E-state index contributed by atoms with van der Waals surface area (Å²) in [5.41, 5.74) is 6.67. The van der Waals surface area contributed by atoms with E-state index in [2.05, 4.69) is 86.4 Å². The fourth-order valence-electron chi connectivity index (χ4n) is 4.40. The molecule has 0 bridgehead atoms. The summed E-state index contributed by atoms with van der Waals surface area (Å²) in [5.74, 6) is 1.47. The van der Waals surface area contributed by atoms with E-state index in [1.165, 1.54) is 16.5 Å². The lowest BCUT2D eigenvalue weighted by Gasteiger charge is -2.19. The Morgan fingerprint density at radius 2 is 1.69 bits per heavy atom. The average molecular weight is 425 g/mol. The molecule has 162 valence electrons. The molecule has 4 aromatic rings. The van der Waals surface area contributed by atoms with Crippen LogP contribution in [0.2, 0.25) is 0 Å². The van der Waals surface area contributed by atoms with Gasteiger partial charge in [-0.2, -0.15) is 0 Å². The number of fused-ring (bicyclic) bond motifs is 1. The largest absolute Gasteiger partial charge is 0.497 e. The van der Waals surface area contributed by atoms with Gasteiger partial charge in [-0.25, -0.2) is 4.99 Å². The first kappa shape index (κ1) is 20.4. The van der Waals surface area contributed by atoms with Crippen LogP contribution in [0, 0.1) is 6.92 Å². The molecule has 0 fully saturated rings. The Bertz CT molecular complexity index is 1280. The molecule has 0 aliphatic carbocycles. The summed E-state index contributed by atoms with van der Waals surface area (Å²) < 4.78 is 11.6. The number of ether oxygens (including phenoxy) is 2. The van der Waals surface area contributed by atoms with Crippen LogP contribution >= 0.6 is 0 Å². The number of hydrogen-bond donors (Lipinski definition) is 1. The first-order chi connectivity index (χ1) is 15.4. The number of benzene rings is 3. The standard InChI is InChI=1S/C28H28N2O2/c1-18-9-11-20(12-10-18)26-25(22-7-5-6-8-23(22)29-26)24(27-30-28(2,3)17-32-27)19-13-15-21(31-4)16-14-19/h5-16,24,29H,17H2,1-4H3. The summed E-state index contributed by atoms with van der Waals surface area (Å²) in [6.07, 6.45) is 0. The number of methoxy groups -OCH3 is 1. The summed E-state index contributed by atoms with van der Waals surface area (Å²) in [5, 5.41) is 1.18. The van der Waals surface area contributed by atoms with Crippen LogP contribution < -0.4 is 4.74 Å². The van der Waals surface area contributed by atoms with Crippen molar-refractivity contribution in [2.75, 3.05) is 13.7 Å². The summed E-state index contributed by atoms with van der Waals surface area (Å²) in [7, 11) is 1.69. The second-order valence-electron chi connectivity index (χ2n) is 9.08. The lowest BCUT2D eigenvalue weighted by atomic mass is 9.87. The average Bonchev–Trinajstić information content (AvgIpc) is 3.35. The minimum absolute atomic E-state index is 0.130. The molecule has 4 heteroatoms. The van der Waals surface area contributed by atoms with Gasteiger partial charge in [0, 0.05) is 16.5 Å². The van der Waals surface area contributed by atoms with Gasteiger partial charge >= 0.3 is 0 Å². The zero-order valence-corrected chi connectivity index (χ0v) is 19.0. The highest BCUT2D eigenvalue weighted by Crippen LogP contribution is 2.41. The third kappa shape index (κ3) is 3.66. The number of rotatable bonds is 5. The quantitative estimate of drug-likeness (QED) is 0.398. The minimum Gasteiger partial charge on any atom is -0.497 e. The van der Waals surface area contributed by atoms with Crippen molar-refractivity contribution < 1.29 is 9.47 Å². The van der Waals surface area contributed by atoms with Gasteiger partial charge in [-0.3, -0.25) is 0 Å². The number of nitrogens with zero attached hydrogens (tertiary/aromatic N) is 1. The van der Waals surface area contributed by atoms with Crippen LogP contribution in [0.1, 0.15) is 36.5 Å². The zero-order valence-electron chi connectivity index (χ0n) is 19.0. The molecular formula is C28H28N2O2. The number of aromatic amines is 1. The van der Waals surface area contributed by atoms with Gasteiger partial charge in [0.25, 0.3) is 0 Å². The number of para-hydroxylation sites is 1. The topological polar surface area (TPSA) is 46.6 Å². The molecule has 0 saturated carbocycles. The van der Waals surface area contributed by atoms with Crippen LogP contribution in [-0.4, -0.2) is 30.1 Å². The molecule has 0 radical (unpaired) electrons. The summed E-state index contributed by atoms with van der Waals surface area (Å²) >= 11 is 0. The predicted octanol–water partition coefficient (Wildman–Crippen LogP) is 6.49. The molecule has 3 aromatic carbocycles. The van der Waals surface area contributed by atoms with Crippen molar-refractivity contribution in [3.63, 3.8) is 0 Å². The number of H-pyrrole nitrogens is 1. The highest BCUT2D eigenvalue weighted by atomic mass is 16.5. The Hall–Kier alpha value is -3.53. The Balaban J connectivity index is 1.78. The molecule has 5 rings (SSSR count). The summed E-state index contributed by atoms with van der Waals surface area (Å²) in [6.45, 7) is 6.92. The number of hydrogen-bond acceptors (Lipinski definition) is 3. The maximum Gasteiger partial charge on any atom is 0.196 e. The van der Waals surface area contributed by atoms with Gasteiger partial charge in [-0.15, -0.1) is 0 Å². The van der Waals surface area contributed by atoms with Crippen LogP contribution in [0.3, 0.4) is 0 Å². The van der Waals surface area contributed by atoms with Gasteiger partial charge < -0.3 is 14.5 Å². The Morgan fingerprint density at radius 3 is 2.34 bits per heavy atom. The number of nitrogens with one attached hydrogen (secondary N) is 1. The monoisotopic (exact) mass is 424 g/mol. The fourth-order valence-corrected chi connectivity index (χ4v) is 4.40. The third-order valence-corrected chi connectivity index (χ3v) is 6.06. The SMILES string of the molecule is COc1ccc(C(C2=NC(C)(C)CO2)c2c(-c3ccc(C)cc3)[nH]c3ccccc23)cc1. The Kier molecular flexibility index (Phi) is 5.01. The molecule has 2 heterocycles. The normalized spacial score (nSPS) is 15.9. The molecule has 1 unspecified atom stereocenters. The maximum atomic E-state index is 6.23. The lowest BCUT2D eigenvalue weighted by Crippen LogP contribution is -2.17. The van der Waals surface area contributed by atoms with E-state index in [9.17, 15) is 0 Å². The molecule has 1 aliphatic heterocycles. The van der Waals surface area contributed by atoms with E-state index < -0.39 is 0 Å². The molecule has 4 nitrogen and oxygen atoms in total. The van der Waals surface area contributed by atoms with Crippen molar-refractivity contribution in [1.82, 2.24) is 4.98 Å². The highest BCUT2D eigenvalue weighted by Gasteiger charge is 2.35. The second kappa shape index (κ2) is 7.86. The molecule has 32 heavy (non-hydrogen) atoms. The van der Waals surface area contributed by atoms with E-state index in [1.54, 1.807) is 7.11 Å². The van der Waals surface area contributed by atoms with Crippen molar-refractivity contribution in [3.05, 3.63) is 89.5 Å². The Morgan fingerprint density at radius 1 is 0.969 bits per heavy atom. The number of aryl methyl sites for hydroxylation is 1. The van der Waals surface area contributed by atoms with Gasteiger partial charge in [0.15, 0.2) is 5.90 Å². The Labute approximate surface area is 188 Å². The van der Waals surface area contributed by atoms with Crippen LogP contribution in [-0.2, 0) is 4.74 Å². The van der Waals surface area contributed by atoms with Crippen LogP contribution in [0.15, 0.2) is 77.8 Å². The summed E-state index contributed by atoms with van der Waals surface area (Å²) in [6, 6.07) is 25.3. The molecular weight excluding hydrogens is 396 g/mol. The van der Waals surface area contributed by atoms with Crippen LogP contribution in [0.25, 0.3) is 22.2 Å². The zero-order chi connectivity index (χ0) is 22.3. The summed E-state index contributed by atoms with van der Waals surface area (Å²) in [4.78, 5) is 8.68. The van der Waals surface area contributed by atoms with Crippen LogP contribution in [0.4, 0.5) is 0 Å². The van der Waals surface area contributed by atoms with Crippen molar-refractivity contribution in [2.24, 2.45) is 4.99 Å². The molecule has 1 aromatic heterocycles. The van der Waals surface area contributed by atoms with Gasteiger partial charge in [-0.05, 0) is 50.1 Å². The number of aromatic nitrogens is 1. The first-order valence-electron chi connectivity index (χ1n) is 11.0. The van der Waals surface area contributed by atoms with Crippen LogP contribution in [0.5, 0.6) is 5.75 Å². The van der Waals surface area contributed by atoms with Crippen molar-refractivity contribution >= 4 is 16.8 Å². The molecule has 1 atom stereocenters. The first-order valence-corrected chi connectivity index (χ1v) is 11.0. The van der Waals surface area contributed by atoms with E-state index in [-0.39, 0.29) is 11.5 Å². The van der Waals surface area contributed by atoms with E-state index in [4.69, 9.17) is 14.5 Å². The van der Waals surface area contributed by atoms with E-state index in [0.29, 0.717) is 6.61 Å². The van der Waals surface area contributed by atoms with Crippen molar-refractivity contribution in [1.29, 1.82) is 0 Å². The second-order valence-corrected chi connectivity index (χ2v) is 9.08. The van der Waals surface area contributed by atoms with Gasteiger partial charge in [-0.1, -0.05) is 60.2 Å². The molecule has 0 spiro atoms. The van der Waals surface area contributed by atoms with Gasteiger partial charge in [0.2, 0.25) is 0 Å². The smallest absolute Gasteiger partial charge is 0.196 e. The van der Waals surface area contributed by atoms with Gasteiger partial charge in [0.05, 0.1) is 24.3 Å². The maximum absolute atomic E-state index is 6.23. The van der Waals surface area contributed by atoms with E-state index in [1.807, 2.05) is 12.1 Å². The molecule has 1 aliphatic rings. The fraction of sp³-hybridized carbons (Fsp3) is 0.250. The van der Waals surface area contributed by atoms with E-state index in [0.717, 1.165) is 34.0 Å². The highest BCUT2D eigenvalue weighted by molar-refractivity contribution is 6.00. The molecule has 0 amide bonds. The van der Waals surface area contributed by atoms with Gasteiger partial charge in [0.1, 0.15) is 12.4 Å². The van der Waals surface area contributed by atoms with Crippen molar-refractivity contribution in [3.8, 4) is 17.0 Å². The molecule has 1 N–H and O–H groups in total. The molecule has 0 saturated heterocycles. The predicted molar refractivity (Wildman–Crippen MR) is 131 cm³/mol. The van der Waals surface area contributed by atoms with E-state index >= 15 is 0 Å². The van der Waals surface area contributed by atoms with Crippen molar-refractivity contribution in [2.45, 2.75) is 32.2 Å². The minimum atomic E-state index is -0.240. The third-order valence-electron chi connectivity index (χ3n) is 6.06. The number of aliphatic imine (C=N–C) groups is 1.